The van der Waals surface area contributed by atoms with Gasteiger partial charge in [0.1, 0.15) is 4.99 Å². The maximum Gasteiger partial charge on any atom is 0.106 e. The number of nitrogens with two attached hydrogens (primary N) is 1. The summed E-state index contributed by atoms with van der Waals surface area (Å²) in [5.41, 5.74) is 7.66. The van der Waals surface area contributed by atoms with Crippen LogP contribution in [0.3, 0.4) is 0 Å². The Balaban J connectivity index is 2.26. The molecule has 1 aromatic carbocycles. The van der Waals surface area contributed by atoms with E-state index in [1.54, 1.807) is 0 Å². The number of hydrogen-bond donors (Lipinski definition) is 1. The predicted molar refractivity (Wildman–Crippen MR) is 72.4 cm³/mol. The van der Waals surface area contributed by atoms with E-state index in [-0.39, 0.29) is 0 Å². The molecule has 0 spiro atoms. The SMILES string of the molecule is NC(=S)c1ccccc1N1CCS(=O)CC1. The monoisotopic (exact) mass is 254 g/mol. The van der Waals surface area contributed by atoms with Crippen LogP contribution in [-0.4, -0.2) is 33.8 Å². The van der Waals surface area contributed by atoms with Crippen molar-refractivity contribution in [2.75, 3.05) is 29.5 Å². The third kappa shape index (κ3) is 2.41. The van der Waals surface area contributed by atoms with Crippen molar-refractivity contribution < 1.29 is 4.21 Å². The molecule has 0 aliphatic carbocycles. The highest BCUT2D eigenvalue weighted by Gasteiger charge is 2.18. The molecule has 0 saturated carbocycles. The van der Waals surface area contributed by atoms with Crippen LogP contribution in [0.5, 0.6) is 0 Å². The first-order valence-corrected chi connectivity index (χ1v) is 7.07. The number of benzene rings is 1. The molecule has 0 atom stereocenters. The highest BCUT2D eigenvalue weighted by Crippen LogP contribution is 2.21. The standard InChI is InChI=1S/C11H14N2OS2/c12-11(15)9-3-1-2-4-10(9)13-5-7-16(14)8-6-13/h1-4H,5-8H2,(H2,12,15). The molecule has 0 bridgehead atoms. The number of para-hydroxylation sites is 1. The minimum absolute atomic E-state index is 0.419. The summed E-state index contributed by atoms with van der Waals surface area (Å²) in [6, 6.07) is 7.86. The van der Waals surface area contributed by atoms with E-state index in [1.807, 2.05) is 24.3 Å². The van der Waals surface area contributed by atoms with Crippen LogP contribution in [0.15, 0.2) is 24.3 Å². The molecule has 0 aromatic heterocycles. The van der Waals surface area contributed by atoms with Gasteiger partial charge in [-0.15, -0.1) is 0 Å². The van der Waals surface area contributed by atoms with Crippen molar-refractivity contribution in [3.05, 3.63) is 29.8 Å². The number of nitrogens with zero attached hydrogens (tertiary/aromatic N) is 1. The molecule has 5 heteroatoms. The van der Waals surface area contributed by atoms with Gasteiger partial charge in [0.15, 0.2) is 0 Å². The van der Waals surface area contributed by atoms with Crippen molar-refractivity contribution in [2.24, 2.45) is 5.73 Å². The van der Waals surface area contributed by atoms with E-state index in [2.05, 4.69) is 4.90 Å². The summed E-state index contributed by atoms with van der Waals surface area (Å²) >= 11 is 5.03. The lowest BCUT2D eigenvalue weighted by molar-refractivity contribution is 0.673. The van der Waals surface area contributed by atoms with Gasteiger partial charge in [-0.1, -0.05) is 24.4 Å². The van der Waals surface area contributed by atoms with Crippen LogP contribution in [0.4, 0.5) is 5.69 Å². The third-order valence-corrected chi connectivity index (χ3v) is 4.18. The molecule has 1 aliphatic heterocycles. The number of anilines is 1. The summed E-state index contributed by atoms with van der Waals surface area (Å²) in [5.74, 6) is 1.46. The fourth-order valence-corrected chi connectivity index (χ4v) is 3.06. The second kappa shape index (κ2) is 4.93. The van der Waals surface area contributed by atoms with Crippen molar-refractivity contribution in [3.63, 3.8) is 0 Å². The molecule has 1 aromatic rings. The number of thiocarbonyl (C=S) groups is 1. The van der Waals surface area contributed by atoms with Crippen molar-refractivity contribution in [1.82, 2.24) is 0 Å². The van der Waals surface area contributed by atoms with E-state index in [9.17, 15) is 4.21 Å². The van der Waals surface area contributed by atoms with Gasteiger partial charge >= 0.3 is 0 Å². The van der Waals surface area contributed by atoms with Gasteiger partial charge in [0.2, 0.25) is 0 Å². The molecular weight excluding hydrogens is 240 g/mol. The first kappa shape index (κ1) is 11.5. The lowest BCUT2D eigenvalue weighted by Crippen LogP contribution is -2.38. The van der Waals surface area contributed by atoms with Gasteiger partial charge in [0, 0.05) is 46.6 Å². The lowest BCUT2D eigenvalue weighted by atomic mass is 10.1. The Bertz CT molecular complexity index is 424. The molecule has 0 radical (unpaired) electrons. The molecule has 0 unspecified atom stereocenters. The smallest absolute Gasteiger partial charge is 0.106 e. The van der Waals surface area contributed by atoms with E-state index < -0.39 is 10.8 Å². The largest absolute Gasteiger partial charge is 0.389 e. The average Bonchev–Trinajstić information content (AvgIpc) is 2.30. The first-order valence-electron chi connectivity index (χ1n) is 5.17. The molecule has 16 heavy (non-hydrogen) atoms. The second-order valence-electron chi connectivity index (χ2n) is 3.72. The van der Waals surface area contributed by atoms with E-state index in [1.165, 1.54) is 0 Å². The summed E-state index contributed by atoms with van der Waals surface area (Å²) in [4.78, 5) is 2.62. The maximum atomic E-state index is 11.3. The van der Waals surface area contributed by atoms with Crippen LogP contribution in [0.25, 0.3) is 0 Å². The van der Waals surface area contributed by atoms with Gasteiger partial charge in [-0.05, 0) is 12.1 Å². The van der Waals surface area contributed by atoms with E-state index in [0.29, 0.717) is 4.99 Å². The Kier molecular flexibility index (Phi) is 3.56. The Morgan fingerprint density at radius 1 is 1.31 bits per heavy atom. The summed E-state index contributed by atoms with van der Waals surface area (Å²) in [6.07, 6.45) is 0. The van der Waals surface area contributed by atoms with Crippen LogP contribution in [0.1, 0.15) is 5.56 Å². The normalized spacial score (nSPS) is 17.4. The topological polar surface area (TPSA) is 46.3 Å². The van der Waals surface area contributed by atoms with E-state index >= 15 is 0 Å². The van der Waals surface area contributed by atoms with Crippen LogP contribution < -0.4 is 10.6 Å². The third-order valence-electron chi connectivity index (χ3n) is 2.69. The van der Waals surface area contributed by atoms with Crippen LogP contribution >= 0.6 is 12.2 Å². The summed E-state index contributed by atoms with van der Waals surface area (Å²) < 4.78 is 11.3. The van der Waals surface area contributed by atoms with E-state index in [0.717, 1.165) is 35.8 Å². The summed E-state index contributed by atoms with van der Waals surface area (Å²) in [5, 5.41) is 0. The van der Waals surface area contributed by atoms with Gasteiger partial charge in [-0.3, -0.25) is 4.21 Å². The van der Waals surface area contributed by atoms with Crippen molar-refractivity contribution in [3.8, 4) is 0 Å². The van der Waals surface area contributed by atoms with Gasteiger partial charge < -0.3 is 10.6 Å². The van der Waals surface area contributed by atoms with Crippen LogP contribution in [0.2, 0.25) is 0 Å². The van der Waals surface area contributed by atoms with Gasteiger partial charge in [0.25, 0.3) is 0 Å². The highest BCUT2D eigenvalue weighted by molar-refractivity contribution is 7.85. The van der Waals surface area contributed by atoms with Crippen LogP contribution in [0, 0.1) is 0 Å². The molecule has 2 N–H and O–H groups in total. The number of rotatable bonds is 2. The second-order valence-corrected chi connectivity index (χ2v) is 5.85. The Morgan fingerprint density at radius 2 is 1.94 bits per heavy atom. The molecular formula is C11H14N2OS2. The first-order chi connectivity index (χ1) is 7.68. The predicted octanol–water partition coefficient (Wildman–Crippen LogP) is 0.889. The van der Waals surface area contributed by atoms with Crippen molar-refractivity contribution >= 4 is 33.7 Å². The van der Waals surface area contributed by atoms with Gasteiger partial charge in [-0.2, -0.15) is 0 Å². The quantitative estimate of drug-likeness (QED) is 0.796. The van der Waals surface area contributed by atoms with Crippen molar-refractivity contribution in [2.45, 2.75) is 0 Å². The Hall–Kier alpha value is -0.940. The fourth-order valence-electron chi connectivity index (χ4n) is 1.84. The molecule has 2 rings (SSSR count). The molecule has 1 saturated heterocycles. The van der Waals surface area contributed by atoms with Crippen LogP contribution in [-0.2, 0) is 10.8 Å². The molecule has 1 fully saturated rings. The molecule has 1 heterocycles. The minimum atomic E-state index is -0.658. The minimum Gasteiger partial charge on any atom is -0.389 e. The molecule has 86 valence electrons. The Morgan fingerprint density at radius 3 is 2.56 bits per heavy atom. The average molecular weight is 254 g/mol. The zero-order valence-corrected chi connectivity index (χ0v) is 10.5. The zero-order valence-electron chi connectivity index (χ0n) is 8.89. The molecule has 1 aliphatic rings. The summed E-state index contributed by atoms with van der Waals surface area (Å²) in [6.45, 7) is 1.62. The maximum absolute atomic E-state index is 11.3. The van der Waals surface area contributed by atoms with Crippen molar-refractivity contribution in [1.29, 1.82) is 0 Å². The molecule has 3 nitrogen and oxygen atoms in total. The Labute approximate surface area is 103 Å². The highest BCUT2D eigenvalue weighted by atomic mass is 32.2. The fraction of sp³-hybridized carbons (Fsp3) is 0.364. The zero-order chi connectivity index (χ0) is 11.5. The lowest BCUT2D eigenvalue weighted by Gasteiger charge is -2.30. The summed E-state index contributed by atoms with van der Waals surface area (Å²) in [7, 11) is -0.658. The van der Waals surface area contributed by atoms with Gasteiger partial charge in [-0.25, -0.2) is 0 Å². The van der Waals surface area contributed by atoms with E-state index in [4.69, 9.17) is 18.0 Å². The molecule has 0 amide bonds. The number of hydrogen-bond acceptors (Lipinski definition) is 3. The van der Waals surface area contributed by atoms with Gasteiger partial charge in [0.05, 0.1) is 0 Å².